The van der Waals surface area contributed by atoms with Gasteiger partial charge >= 0.3 is 0 Å². The molecule has 0 aliphatic carbocycles. The van der Waals surface area contributed by atoms with E-state index in [9.17, 15) is 0 Å². The zero-order valence-corrected chi connectivity index (χ0v) is 19.9. The van der Waals surface area contributed by atoms with Crippen LogP contribution in [0.2, 0.25) is 0 Å². The number of hydrogen-bond donors (Lipinski definition) is 0. The van der Waals surface area contributed by atoms with Crippen LogP contribution in [0.5, 0.6) is 5.75 Å². The van der Waals surface area contributed by atoms with Gasteiger partial charge in [-0.05, 0) is 30.0 Å². The van der Waals surface area contributed by atoms with Crippen LogP contribution in [0, 0.1) is 11.8 Å². The molecule has 0 fully saturated rings. The van der Waals surface area contributed by atoms with Crippen LogP contribution in [0.3, 0.4) is 0 Å². The van der Waals surface area contributed by atoms with Crippen LogP contribution in [-0.2, 0) is 11.2 Å². The molecule has 0 heterocycles. The lowest BCUT2D eigenvalue weighted by molar-refractivity contribution is -0.924. The third kappa shape index (κ3) is 8.49. The van der Waals surface area contributed by atoms with E-state index in [1.54, 1.807) is 0 Å². The van der Waals surface area contributed by atoms with E-state index < -0.39 is 0 Å². The Labute approximate surface area is 184 Å². The van der Waals surface area contributed by atoms with Crippen molar-refractivity contribution in [3.05, 3.63) is 65.7 Å². The molecule has 30 heavy (non-hydrogen) atoms. The topological polar surface area (TPSA) is 18.5 Å². The number of hydrogen-bond acceptors (Lipinski definition) is 2. The fourth-order valence-corrected chi connectivity index (χ4v) is 4.37. The number of ether oxygens (including phenoxy) is 2. The van der Waals surface area contributed by atoms with Crippen molar-refractivity contribution in [1.82, 2.24) is 0 Å². The second kappa shape index (κ2) is 12.1. The molecule has 0 bridgehead atoms. The van der Waals surface area contributed by atoms with E-state index in [0.717, 1.165) is 36.2 Å². The van der Waals surface area contributed by atoms with Gasteiger partial charge in [0.2, 0.25) is 0 Å². The molecular formula is C27H42NO2+. The van der Waals surface area contributed by atoms with Crippen LogP contribution in [0.15, 0.2) is 54.6 Å². The van der Waals surface area contributed by atoms with Gasteiger partial charge in [-0.1, -0.05) is 70.2 Å². The highest BCUT2D eigenvalue weighted by Crippen LogP contribution is 2.30. The first-order valence-corrected chi connectivity index (χ1v) is 11.4. The largest absolute Gasteiger partial charge is 0.491 e. The Bertz CT molecular complexity index is 707. The summed E-state index contributed by atoms with van der Waals surface area (Å²) in [5, 5.41) is 0. The Morgan fingerprint density at radius 1 is 0.767 bits per heavy atom. The van der Waals surface area contributed by atoms with Gasteiger partial charge in [0.1, 0.15) is 18.4 Å². The molecule has 0 radical (unpaired) electrons. The minimum atomic E-state index is 0.426. The number of quaternary nitrogens is 1. The van der Waals surface area contributed by atoms with Gasteiger partial charge in [0.05, 0.1) is 33.9 Å². The zero-order valence-electron chi connectivity index (χ0n) is 19.9. The molecule has 0 aromatic heterocycles. The van der Waals surface area contributed by atoms with Gasteiger partial charge in [-0.25, -0.2) is 0 Å². The van der Waals surface area contributed by atoms with E-state index >= 15 is 0 Å². The van der Waals surface area contributed by atoms with Gasteiger partial charge in [0.25, 0.3) is 0 Å². The molecular weight excluding hydrogens is 370 g/mol. The second-order valence-electron chi connectivity index (χ2n) is 9.77. The zero-order chi connectivity index (χ0) is 22.0. The molecule has 2 rings (SSSR count). The monoisotopic (exact) mass is 412 g/mol. The summed E-state index contributed by atoms with van der Waals surface area (Å²) in [6.45, 7) is 12.3. The summed E-state index contributed by atoms with van der Waals surface area (Å²) in [6, 6.07) is 19.6. The summed E-state index contributed by atoms with van der Waals surface area (Å²) in [6.07, 6.45) is 2.15. The highest BCUT2D eigenvalue weighted by atomic mass is 16.5. The van der Waals surface area contributed by atoms with Crippen molar-refractivity contribution in [3.8, 4) is 5.75 Å². The molecule has 1 atom stereocenters. The van der Waals surface area contributed by atoms with Gasteiger partial charge in [-0.3, -0.25) is 0 Å². The molecule has 0 saturated heterocycles. The number of rotatable bonds is 13. The van der Waals surface area contributed by atoms with Gasteiger partial charge in [0, 0.05) is 17.9 Å². The third-order valence-electron chi connectivity index (χ3n) is 5.46. The molecule has 3 nitrogen and oxygen atoms in total. The van der Waals surface area contributed by atoms with Crippen LogP contribution >= 0.6 is 0 Å². The number of nitrogens with zero attached hydrogens (tertiary/aromatic N) is 1. The van der Waals surface area contributed by atoms with Crippen molar-refractivity contribution in [1.29, 1.82) is 0 Å². The highest BCUT2D eigenvalue weighted by Gasteiger charge is 2.30. The minimum absolute atomic E-state index is 0.426. The standard InChI is InChI=1S/C27H42NO2/c1-22(2)20-24-12-14-25(15-13-24)27(28(5,6)21-23(3)4)16-17-29-18-19-30-26-10-8-7-9-11-26/h7-15,22-23,27H,16-21H2,1-6H3/q+1. The van der Waals surface area contributed by atoms with Gasteiger partial charge in [0.15, 0.2) is 0 Å². The molecule has 1 unspecified atom stereocenters. The predicted octanol–water partition coefficient (Wildman–Crippen LogP) is 6.14. The number of para-hydroxylation sites is 1. The van der Waals surface area contributed by atoms with Crippen LogP contribution < -0.4 is 4.74 Å². The summed E-state index contributed by atoms with van der Waals surface area (Å²) in [5.74, 6) is 2.24. The van der Waals surface area contributed by atoms with Crippen molar-refractivity contribution in [2.24, 2.45) is 11.8 Å². The van der Waals surface area contributed by atoms with Crippen molar-refractivity contribution in [2.45, 2.75) is 46.6 Å². The fourth-order valence-electron chi connectivity index (χ4n) is 4.37. The average Bonchev–Trinajstić information content (AvgIpc) is 2.67. The highest BCUT2D eigenvalue weighted by molar-refractivity contribution is 5.24. The molecule has 0 aliphatic rings. The third-order valence-corrected chi connectivity index (χ3v) is 5.46. The SMILES string of the molecule is CC(C)Cc1ccc(C(CCOCCOc2ccccc2)[N+](C)(C)CC(C)C)cc1. The lowest BCUT2D eigenvalue weighted by Gasteiger charge is -2.40. The van der Waals surface area contributed by atoms with E-state index in [2.05, 4.69) is 66.1 Å². The Kier molecular flexibility index (Phi) is 9.87. The summed E-state index contributed by atoms with van der Waals surface area (Å²) < 4.78 is 12.7. The molecule has 2 aromatic carbocycles. The maximum Gasteiger partial charge on any atom is 0.119 e. The molecule has 2 aromatic rings. The summed E-state index contributed by atoms with van der Waals surface area (Å²) in [5.41, 5.74) is 2.84. The van der Waals surface area contributed by atoms with E-state index in [1.165, 1.54) is 11.1 Å². The van der Waals surface area contributed by atoms with Crippen molar-refractivity contribution in [2.75, 3.05) is 40.5 Å². The maximum absolute atomic E-state index is 5.95. The summed E-state index contributed by atoms with van der Waals surface area (Å²) in [7, 11) is 4.70. The molecule has 0 saturated carbocycles. The van der Waals surface area contributed by atoms with Crippen LogP contribution in [-0.4, -0.2) is 44.9 Å². The lowest BCUT2D eigenvalue weighted by Crippen LogP contribution is -2.46. The van der Waals surface area contributed by atoms with Crippen LogP contribution in [0.4, 0.5) is 0 Å². The predicted molar refractivity (Wildman–Crippen MR) is 127 cm³/mol. The van der Waals surface area contributed by atoms with Crippen LogP contribution in [0.1, 0.15) is 51.3 Å². The smallest absolute Gasteiger partial charge is 0.119 e. The summed E-state index contributed by atoms with van der Waals surface area (Å²) in [4.78, 5) is 0. The first-order chi connectivity index (χ1) is 14.3. The first-order valence-electron chi connectivity index (χ1n) is 11.4. The average molecular weight is 413 g/mol. The maximum atomic E-state index is 5.95. The van der Waals surface area contributed by atoms with E-state index in [1.807, 2.05) is 30.3 Å². The van der Waals surface area contributed by atoms with Crippen molar-refractivity contribution < 1.29 is 14.0 Å². The summed E-state index contributed by atoms with van der Waals surface area (Å²) >= 11 is 0. The molecule has 3 heteroatoms. The quantitative estimate of drug-likeness (QED) is 0.290. The van der Waals surface area contributed by atoms with Gasteiger partial charge in [-0.2, -0.15) is 0 Å². The molecule has 166 valence electrons. The Morgan fingerprint density at radius 2 is 1.43 bits per heavy atom. The fraction of sp³-hybridized carbons (Fsp3) is 0.556. The molecule has 0 N–H and O–H groups in total. The molecule has 0 spiro atoms. The molecule has 0 amide bonds. The van der Waals surface area contributed by atoms with Crippen LogP contribution in [0.25, 0.3) is 0 Å². The molecule has 0 aliphatic heterocycles. The van der Waals surface area contributed by atoms with Crippen molar-refractivity contribution >= 4 is 0 Å². The lowest BCUT2D eigenvalue weighted by atomic mass is 9.96. The van der Waals surface area contributed by atoms with Gasteiger partial charge in [-0.15, -0.1) is 0 Å². The first kappa shape index (κ1) is 24.4. The van der Waals surface area contributed by atoms with E-state index in [0.29, 0.717) is 31.1 Å². The normalized spacial score (nSPS) is 13.1. The Hall–Kier alpha value is -1.84. The Morgan fingerprint density at radius 3 is 2.03 bits per heavy atom. The van der Waals surface area contributed by atoms with E-state index in [-0.39, 0.29) is 0 Å². The van der Waals surface area contributed by atoms with Crippen molar-refractivity contribution in [3.63, 3.8) is 0 Å². The Balaban J connectivity index is 1.93. The van der Waals surface area contributed by atoms with E-state index in [4.69, 9.17) is 9.47 Å². The second-order valence-corrected chi connectivity index (χ2v) is 9.77. The van der Waals surface area contributed by atoms with Gasteiger partial charge < -0.3 is 14.0 Å². The minimum Gasteiger partial charge on any atom is -0.491 e. The number of benzene rings is 2.